The Morgan fingerprint density at radius 3 is 2.54 bits per heavy atom. The van der Waals surface area contributed by atoms with Crippen LogP contribution in [0.15, 0.2) is 15.9 Å². The number of Topliss-reactive ketones (excluding diaryl/α,β-unsaturated/α-hetero) is 2. The van der Waals surface area contributed by atoms with Crippen molar-refractivity contribution < 1.29 is 14.4 Å². The monoisotopic (exact) mass is 561 g/mol. The highest BCUT2D eigenvalue weighted by Crippen LogP contribution is 2.67. The summed E-state index contributed by atoms with van der Waals surface area (Å²) in [6.07, 6.45) is 7.92. The summed E-state index contributed by atoms with van der Waals surface area (Å²) >= 11 is 5.18. The van der Waals surface area contributed by atoms with Gasteiger partial charge in [0.05, 0.1) is 9.83 Å². The fraction of sp³-hybridized carbons (Fsp3) is 0.759. The predicted molar refractivity (Wildman–Crippen MR) is 143 cm³/mol. The minimum atomic E-state index is 0.0178. The van der Waals surface area contributed by atoms with Crippen molar-refractivity contribution in [1.29, 1.82) is 0 Å². The second-order valence-corrected chi connectivity index (χ2v) is 15.2. The lowest BCUT2D eigenvalue weighted by Gasteiger charge is -2.59. The van der Waals surface area contributed by atoms with Gasteiger partial charge in [-0.05, 0) is 108 Å². The molecule has 1 aromatic heterocycles. The van der Waals surface area contributed by atoms with Crippen LogP contribution >= 0.6 is 27.3 Å². The van der Waals surface area contributed by atoms with Gasteiger partial charge in [0.25, 0.3) is 0 Å². The third kappa shape index (κ3) is 4.39. The molecule has 4 saturated carbocycles. The summed E-state index contributed by atoms with van der Waals surface area (Å²) in [5.74, 6) is 2.99. The maximum atomic E-state index is 13.6. The summed E-state index contributed by atoms with van der Waals surface area (Å²) < 4.78 is 1.08. The summed E-state index contributed by atoms with van der Waals surface area (Å²) in [4.78, 5) is 39.9. The lowest BCUT2D eigenvalue weighted by Crippen LogP contribution is -2.57. The zero-order valence-corrected chi connectivity index (χ0v) is 24.0. The van der Waals surface area contributed by atoms with E-state index in [0.29, 0.717) is 60.9 Å². The SMILES string of the molecule is CC(NC(=O)C[C@@H](C)[C@H]1CC[C@H]2[C@@H]3C(=O)C[C@@H]4CC(=O)CC[C@]4(C)[C@H]3CC[C@]12C)c1ccc(Br)s1. The lowest BCUT2D eigenvalue weighted by atomic mass is 9.44. The average molecular weight is 563 g/mol. The van der Waals surface area contributed by atoms with Crippen LogP contribution in [0.2, 0.25) is 0 Å². The number of fused-ring (bicyclic) bond motifs is 5. The molecule has 6 heteroatoms. The van der Waals surface area contributed by atoms with Crippen LogP contribution in [-0.2, 0) is 14.4 Å². The number of hydrogen-bond donors (Lipinski definition) is 1. The number of nitrogens with one attached hydrogen (secondary N) is 1. The second kappa shape index (κ2) is 9.38. The van der Waals surface area contributed by atoms with Gasteiger partial charge >= 0.3 is 0 Å². The average Bonchev–Trinajstić information content (AvgIpc) is 3.38. The molecule has 4 aliphatic rings. The van der Waals surface area contributed by atoms with Crippen LogP contribution in [0.25, 0.3) is 0 Å². The Kier molecular flexibility index (Phi) is 6.87. The smallest absolute Gasteiger partial charge is 0.220 e. The van der Waals surface area contributed by atoms with Crippen LogP contribution in [0.5, 0.6) is 0 Å². The van der Waals surface area contributed by atoms with Gasteiger partial charge in [-0.15, -0.1) is 11.3 Å². The number of hydrogen-bond acceptors (Lipinski definition) is 4. The number of rotatable bonds is 5. The molecule has 0 radical (unpaired) electrons. The van der Waals surface area contributed by atoms with E-state index in [1.54, 1.807) is 11.3 Å². The number of halogens is 1. The maximum Gasteiger partial charge on any atom is 0.220 e. The Labute approximate surface area is 222 Å². The molecule has 4 nitrogen and oxygen atoms in total. The third-order valence-corrected chi connectivity index (χ3v) is 12.8. The predicted octanol–water partition coefficient (Wildman–Crippen LogP) is 7.12. The van der Waals surface area contributed by atoms with Gasteiger partial charge in [-0.2, -0.15) is 0 Å². The number of ketones is 2. The molecule has 1 aromatic rings. The molecule has 192 valence electrons. The molecule has 0 bridgehead atoms. The largest absolute Gasteiger partial charge is 0.349 e. The molecular formula is C29H40BrNO3S. The van der Waals surface area contributed by atoms with E-state index in [1.165, 1.54) is 0 Å². The Morgan fingerprint density at radius 2 is 1.83 bits per heavy atom. The first-order valence-corrected chi connectivity index (χ1v) is 15.2. The van der Waals surface area contributed by atoms with E-state index in [2.05, 4.69) is 55.0 Å². The number of amides is 1. The molecule has 35 heavy (non-hydrogen) atoms. The molecule has 5 rings (SSSR count). The van der Waals surface area contributed by atoms with E-state index in [4.69, 9.17) is 0 Å². The van der Waals surface area contributed by atoms with Crippen molar-refractivity contribution in [2.45, 2.75) is 91.5 Å². The molecule has 0 saturated heterocycles. The fourth-order valence-electron chi connectivity index (χ4n) is 9.07. The van der Waals surface area contributed by atoms with Crippen LogP contribution in [0.1, 0.15) is 96.4 Å². The Morgan fingerprint density at radius 1 is 1.09 bits per heavy atom. The summed E-state index contributed by atoms with van der Waals surface area (Å²) in [5.41, 5.74) is 0.277. The van der Waals surface area contributed by atoms with E-state index in [0.717, 1.165) is 40.8 Å². The van der Waals surface area contributed by atoms with Crippen molar-refractivity contribution in [2.24, 2.45) is 46.3 Å². The first kappa shape index (κ1) is 25.6. The van der Waals surface area contributed by atoms with Crippen LogP contribution in [-0.4, -0.2) is 17.5 Å². The second-order valence-electron chi connectivity index (χ2n) is 12.7. The standard InChI is InChI=1S/C29H40BrNO3S/c1-16(13-26(34)31-17(2)24-7-8-25(30)35-24)20-5-6-21-27-22(10-12-29(20,21)4)28(3)11-9-19(32)14-18(28)15-23(27)33/h7-8,16-18,20-22,27H,5-6,9-15H2,1-4H3,(H,31,34)/t16-,17?,18+,20-,21+,22+,27+,28+,29-/m1/s1. The van der Waals surface area contributed by atoms with Crippen LogP contribution in [0, 0.1) is 46.3 Å². The van der Waals surface area contributed by atoms with Crippen molar-refractivity contribution in [3.05, 3.63) is 20.8 Å². The summed E-state index contributed by atoms with van der Waals surface area (Å²) in [7, 11) is 0. The zero-order chi connectivity index (χ0) is 25.1. The topological polar surface area (TPSA) is 63.2 Å². The minimum absolute atomic E-state index is 0.0178. The molecule has 0 aromatic carbocycles. The highest BCUT2D eigenvalue weighted by atomic mass is 79.9. The molecule has 4 aliphatic carbocycles. The molecule has 1 unspecified atom stereocenters. The van der Waals surface area contributed by atoms with Gasteiger partial charge in [-0.1, -0.05) is 20.8 Å². The van der Waals surface area contributed by atoms with Crippen molar-refractivity contribution in [2.75, 3.05) is 0 Å². The fourth-order valence-corrected chi connectivity index (χ4v) is 10.5. The maximum absolute atomic E-state index is 13.6. The summed E-state index contributed by atoms with van der Waals surface area (Å²) in [6.45, 7) is 9.13. The molecule has 0 spiro atoms. The van der Waals surface area contributed by atoms with Crippen LogP contribution in [0.3, 0.4) is 0 Å². The first-order valence-electron chi connectivity index (χ1n) is 13.6. The van der Waals surface area contributed by atoms with E-state index in [9.17, 15) is 14.4 Å². The first-order chi connectivity index (χ1) is 16.5. The van der Waals surface area contributed by atoms with Crippen molar-refractivity contribution in [3.8, 4) is 0 Å². The molecule has 0 aliphatic heterocycles. The highest BCUT2D eigenvalue weighted by Gasteiger charge is 2.63. The molecule has 1 amide bonds. The minimum Gasteiger partial charge on any atom is -0.349 e. The van der Waals surface area contributed by atoms with Gasteiger partial charge in [0, 0.05) is 36.5 Å². The molecule has 9 atom stereocenters. The van der Waals surface area contributed by atoms with Crippen LogP contribution < -0.4 is 5.32 Å². The molecular weight excluding hydrogens is 522 g/mol. The van der Waals surface area contributed by atoms with Crippen molar-refractivity contribution in [3.63, 3.8) is 0 Å². The van der Waals surface area contributed by atoms with Gasteiger partial charge < -0.3 is 5.32 Å². The van der Waals surface area contributed by atoms with Gasteiger partial charge in [0.1, 0.15) is 11.6 Å². The third-order valence-electron chi connectivity index (χ3n) is 11.0. The van der Waals surface area contributed by atoms with E-state index >= 15 is 0 Å². The molecule has 4 fully saturated rings. The zero-order valence-electron chi connectivity index (χ0n) is 21.6. The van der Waals surface area contributed by atoms with Crippen molar-refractivity contribution >= 4 is 44.7 Å². The molecule has 1 heterocycles. The van der Waals surface area contributed by atoms with Crippen molar-refractivity contribution in [1.82, 2.24) is 5.32 Å². The highest BCUT2D eigenvalue weighted by molar-refractivity contribution is 9.11. The van der Waals surface area contributed by atoms with E-state index in [1.807, 2.05) is 6.07 Å². The number of carbonyl (C=O) groups excluding carboxylic acids is 3. The summed E-state index contributed by atoms with van der Waals surface area (Å²) in [5, 5.41) is 3.21. The summed E-state index contributed by atoms with van der Waals surface area (Å²) in [6, 6.07) is 4.12. The Balaban J connectivity index is 1.27. The van der Waals surface area contributed by atoms with Gasteiger partial charge in [0.2, 0.25) is 5.91 Å². The van der Waals surface area contributed by atoms with E-state index < -0.39 is 0 Å². The number of thiophene rings is 1. The normalized spacial score (nSPS) is 40.4. The van der Waals surface area contributed by atoms with E-state index in [-0.39, 0.29) is 34.6 Å². The van der Waals surface area contributed by atoms with Crippen LogP contribution in [0.4, 0.5) is 0 Å². The van der Waals surface area contributed by atoms with Gasteiger partial charge in [-0.3, -0.25) is 14.4 Å². The lowest BCUT2D eigenvalue weighted by molar-refractivity contribution is -0.159. The Hall–Kier alpha value is -1.01. The van der Waals surface area contributed by atoms with Gasteiger partial charge in [-0.25, -0.2) is 0 Å². The number of carbonyl (C=O) groups is 3. The quantitative estimate of drug-likeness (QED) is 0.416. The van der Waals surface area contributed by atoms with Gasteiger partial charge in [0.15, 0.2) is 0 Å². The molecule has 1 N–H and O–H groups in total. The Bertz CT molecular complexity index is 1020.